The van der Waals surface area contributed by atoms with Crippen molar-refractivity contribution in [3.05, 3.63) is 39.8 Å². The summed E-state index contributed by atoms with van der Waals surface area (Å²) in [5, 5.41) is 12.6. The van der Waals surface area contributed by atoms with Gasteiger partial charge in [0.05, 0.1) is 23.9 Å². The van der Waals surface area contributed by atoms with Gasteiger partial charge >= 0.3 is 5.97 Å². The number of nitrogens with one attached hydrogen (secondary N) is 1. The number of anilines is 2. The second-order valence-corrected chi connectivity index (χ2v) is 7.21. The van der Waals surface area contributed by atoms with Gasteiger partial charge in [0.2, 0.25) is 0 Å². The van der Waals surface area contributed by atoms with Crippen LogP contribution in [0.3, 0.4) is 0 Å². The van der Waals surface area contributed by atoms with Crippen molar-refractivity contribution in [2.24, 2.45) is 0 Å². The molecule has 0 saturated carbocycles. The van der Waals surface area contributed by atoms with Crippen molar-refractivity contribution in [1.82, 2.24) is 0 Å². The molecule has 1 aromatic heterocycles. The smallest absolute Gasteiger partial charge is 0.338 e. The quantitative estimate of drug-likeness (QED) is 0.604. The van der Waals surface area contributed by atoms with Crippen LogP contribution in [0.25, 0.3) is 0 Å². The Balaban J connectivity index is 1.62. The number of nitriles is 1. The Kier molecular flexibility index (Phi) is 5.62. The van der Waals surface area contributed by atoms with Crippen LogP contribution >= 0.6 is 11.3 Å². The van der Waals surface area contributed by atoms with Gasteiger partial charge in [-0.1, -0.05) is 0 Å². The molecule has 140 valence electrons. The van der Waals surface area contributed by atoms with Crippen LogP contribution in [0.4, 0.5) is 10.7 Å². The van der Waals surface area contributed by atoms with Crippen molar-refractivity contribution in [3.8, 4) is 11.8 Å². The number of thiophene rings is 1. The van der Waals surface area contributed by atoms with Crippen LogP contribution in [0.2, 0.25) is 0 Å². The Morgan fingerprint density at radius 3 is 2.81 bits per heavy atom. The average molecular weight is 385 g/mol. The second kappa shape index (κ2) is 8.10. The number of esters is 1. The summed E-state index contributed by atoms with van der Waals surface area (Å²) < 4.78 is 10.1. The van der Waals surface area contributed by atoms with Crippen molar-refractivity contribution in [2.45, 2.75) is 25.7 Å². The fourth-order valence-electron chi connectivity index (χ4n) is 3.01. The number of carbonyl (C=O) groups is 2. The van der Waals surface area contributed by atoms with Crippen molar-refractivity contribution >= 4 is 33.9 Å². The van der Waals surface area contributed by atoms with Gasteiger partial charge in [-0.25, -0.2) is 4.79 Å². The number of hydrogen-bond acceptors (Lipinski definition) is 7. The van der Waals surface area contributed by atoms with Crippen LogP contribution in [-0.2, 0) is 22.4 Å². The first-order valence-electron chi connectivity index (χ1n) is 8.48. The molecule has 0 spiro atoms. The first-order chi connectivity index (χ1) is 13.0. The number of nitrogens with zero attached hydrogens (tertiary/aromatic N) is 1. The molecule has 1 amide bonds. The summed E-state index contributed by atoms with van der Waals surface area (Å²) in [4.78, 5) is 25.4. The molecule has 1 aliphatic rings. The third kappa shape index (κ3) is 4.04. The molecule has 1 heterocycles. The number of nitrogens with two attached hydrogens (primary N) is 1. The van der Waals surface area contributed by atoms with E-state index in [9.17, 15) is 14.9 Å². The molecule has 3 N–H and O–H groups in total. The van der Waals surface area contributed by atoms with Gasteiger partial charge in [0.1, 0.15) is 16.8 Å². The lowest BCUT2D eigenvalue weighted by Crippen LogP contribution is -2.21. The highest BCUT2D eigenvalue weighted by molar-refractivity contribution is 7.16. The van der Waals surface area contributed by atoms with Crippen LogP contribution in [-0.4, -0.2) is 25.6 Å². The predicted octanol–water partition coefficient (Wildman–Crippen LogP) is 2.88. The van der Waals surface area contributed by atoms with Crippen molar-refractivity contribution in [2.75, 3.05) is 24.8 Å². The summed E-state index contributed by atoms with van der Waals surface area (Å²) in [5.41, 5.74) is 7.86. The van der Waals surface area contributed by atoms with E-state index in [2.05, 4.69) is 11.4 Å². The molecule has 3 rings (SSSR count). The molecular formula is C19H19N3O4S. The first-order valence-corrected chi connectivity index (χ1v) is 9.30. The fraction of sp³-hybridized carbons (Fsp3) is 0.316. The van der Waals surface area contributed by atoms with E-state index in [0.29, 0.717) is 22.0 Å². The van der Waals surface area contributed by atoms with Gasteiger partial charge < -0.3 is 20.5 Å². The SMILES string of the molecule is COc1ccc(C(=O)OCC(=O)Nc2sc3c(c2C#N)CCCC3)cc1N. The zero-order chi connectivity index (χ0) is 19.4. The Bertz CT molecular complexity index is 930. The number of benzene rings is 1. The second-order valence-electron chi connectivity index (χ2n) is 6.11. The molecule has 0 atom stereocenters. The van der Waals surface area contributed by atoms with Crippen LogP contribution in [0, 0.1) is 11.3 Å². The molecule has 0 aliphatic heterocycles. The molecule has 0 radical (unpaired) electrons. The van der Waals surface area contributed by atoms with E-state index in [4.69, 9.17) is 15.2 Å². The van der Waals surface area contributed by atoms with Crippen molar-refractivity contribution < 1.29 is 19.1 Å². The minimum atomic E-state index is -0.662. The summed E-state index contributed by atoms with van der Waals surface area (Å²) in [7, 11) is 1.48. The minimum absolute atomic E-state index is 0.227. The number of methoxy groups -OCH3 is 1. The molecule has 0 unspecified atom stereocenters. The summed E-state index contributed by atoms with van der Waals surface area (Å²) in [6, 6.07) is 6.68. The topological polar surface area (TPSA) is 114 Å². The average Bonchev–Trinajstić information content (AvgIpc) is 3.02. The highest BCUT2D eigenvalue weighted by Gasteiger charge is 2.22. The van der Waals surface area contributed by atoms with E-state index in [0.717, 1.165) is 36.1 Å². The number of rotatable bonds is 5. The molecule has 7 nitrogen and oxygen atoms in total. The standard InChI is InChI=1S/C19H19N3O4S/c1-25-15-7-6-11(8-14(15)21)19(24)26-10-17(23)22-18-13(9-20)12-4-2-3-5-16(12)27-18/h6-8H,2-5,10,21H2,1H3,(H,22,23). The molecule has 0 bridgehead atoms. The van der Waals surface area contributed by atoms with Crippen LogP contribution in [0.15, 0.2) is 18.2 Å². The lowest BCUT2D eigenvalue weighted by Gasteiger charge is -2.09. The largest absolute Gasteiger partial charge is 0.495 e. The minimum Gasteiger partial charge on any atom is -0.495 e. The van der Waals surface area contributed by atoms with Crippen molar-refractivity contribution in [1.29, 1.82) is 5.26 Å². The number of carbonyl (C=O) groups excluding carboxylic acids is 2. The molecule has 1 aromatic carbocycles. The molecule has 1 aliphatic carbocycles. The van der Waals surface area contributed by atoms with Crippen molar-refractivity contribution in [3.63, 3.8) is 0 Å². The van der Waals surface area contributed by atoms with Gasteiger partial charge in [0.15, 0.2) is 6.61 Å². The van der Waals surface area contributed by atoms with E-state index in [-0.39, 0.29) is 5.56 Å². The van der Waals surface area contributed by atoms with Crippen LogP contribution in [0.5, 0.6) is 5.75 Å². The summed E-state index contributed by atoms with van der Waals surface area (Å²) in [5.74, 6) is -0.694. The third-order valence-electron chi connectivity index (χ3n) is 4.34. The first kappa shape index (κ1) is 18.7. The number of ether oxygens (including phenoxy) is 2. The molecule has 2 aromatic rings. The highest BCUT2D eigenvalue weighted by atomic mass is 32.1. The zero-order valence-electron chi connectivity index (χ0n) is 14.8. The Hall–Kier alpha value is -3.05. The van der Waals surface area contributed by atoms with Gasteiger partial charge in [0.25, 0.3) is 5.91 Å². The van der Waals surface area contributed by atoms with Crippen LogP contribution in [0.1, 0.15) is 39.2 Å². The van der Waals surface area contributed by atoms with Crippen LogP contribution < -0.4 is 15.8 Å². The monoisotopic (exact) mass is 385 g/mol. The maximum atomic E-state index is 12.2. The maximum absolute atomic E-state index is 12.2. The summed E-state index contributed by atoms with van der Waals surface area (Å²) >= 11 is 1.43. The number of nitrogen functional groups attached to an aromatic ring is 1. The molecule has 0 fully saturated rings. The zero-order valence-corrected chi connectivity index (χ0v) is 15.6. The molecule has 0 saturated heterocycles. The van der Waals surface area contributed by atoms with E-state index < -0.39 is 18.5 Å². The number of hydrogen-bond donors (Lipinski definition) is 2. The van der Waals surface area contributed by atoms with E-state index >= 15 is 0 Å². The Labute approximate surface area is 160 Å². The Morgan fingerprint density at radius 1 is 1.33 bits per heavy atom. The number of amides is 1. The molecular weight excluding hydrogens is 366 g/mol. The van der Waals surface area contributed by atoms with Gasteiger partial charge in [-0.15, -0.1) is 11.3 Å². The molecule has 8 heteroatoms. The van der Waals surface area contributed by atoms with E-state index in [1.165, 1.54) is 30.6 Å². The van der Waals surface area contributed by atoms with E-state index in [1.54, 1.807) is 6.07 Å². The lowest BCUT2D eigenvalue weighted by molar-refractivity contribution is -0.119. The number of aryl methyl sites for hydroxylation is 1. The van der Waals surface area contributed by atoms with Gasteiger partial charge in [-0.05, 0) is 49.4 Å². The third-order valence-corrected chi connectivity index (χ3v) is 5.54. The predicted molar refractivity (Wildman–Crippen MR) is 102 cm³/mol. The number of fused-ring (bicyclic) bond motifs is 1. The van der Waals surface area contributed by atoms with Gasteiger partial charge in [-0.3, -0.25) is 4.79 Å². The molecule has 27 heavy (non-hydrogen) atoms. The summed E-state index contributed by atoms with van der Waals surface area (Å²) in [6.07, 6.45) is 3.93. The summed E-state index contributed by atoms with van der Waals surface area (Å²) in [6.45, 7) is -0.446. The maximum Gasteiger partial charge on any atom is 0.338 e. The van der Waals surface area contributed by atoms with E-state index in [1.807, 2.05) is 0 Å². The van der Waals surface area contributed by atoms with Gasteiger partial charge in [0, 0.05) is 4.88 Å². The lowest BCUT2D eigenvalue weighted by atomic mass is 9.96. The Morgan fingerprint density at radius 2 is 2.11 bits per heavy atom. The van der Waals surface area contributed by atoms with Gasteiger partial charge in [-0.2, -0.15) is 5.26 Å². The highest BCUT2D eigenvalue weighted by Crippen LogP contribution is 2.37. The fourth-order valence-corrected chi connectivity index (χ4v) is 4.27. The normalized spacial score (nSPS) is 12.6.